The number of nitrogens with one attached hydrogen (secondary N) is 1. The lowest BCUT2D eigenvalue weighted by atomic mass is 9.75. The second-order valence-corrected chi connectivity index (χ2v) is 9.53. The van der Waals surface area contributed by atoms with Crippen LogP contribution in [0.5, 0.6) is 5.75 Å². The van der Waals surface area contributed by atoms with Crippen LogP contribution in [0.3, 0.4) is 0 Å². The molecule has 2 fully saturated rings. The molecule has 0 radical (unpaired) electrons. The highest BCUT2D eigenvalue weighted by Gasteiger charge is 2.44. The van der Waals surface area contributed by atoms with E-state index in [4.69, 9.17) is 4.74 Å². The number of hydrogen-bond donors (Lipinski definition) is 2. The quantitative estimate of drug-likeness (QED) is 0.713. The Kier molecular flexibility index (Phi) is 6.32. The Morgan fingerprint density at radius 3 is 2.75 bits per heavy atom. The number of amides is 1. The summed E-state index contributed by atoms with van der Waals surface area (Å²) in [5.41, 5.74) is -0.0488. The maximum atomic E-state index is 13.4. The molecule has 0 spiro atoms. The molecule has 2 heterocycles. The fourth-order valence-electron chi connectivity index (χ4n) is 5.73. The zero-order chi connectivity index (χ0) is 23.0. The number of nitrogens with zero attached hydrogens (tertiary/aromatic N) is 2. The van der Waals surface area contributed by atoms with Gasteiger partial charge in [-0.1, -0.05) is 19.1 Å². The Bertz CT molecular complexity index is 1060. The number of benzene rings is 1. The highest BCUT2D eigenvalue weighted by molar-refractivity contribution is 6.02. The van der Waals surface area contributed by atoms with Gasteiger partial charge in [-0.05, 0) is 64.5 Å². The van der Waals surface area contributed by atoms with Crippen LogP contribution in [0.25, 0.3) is 10.9 Å². The Hall–Kier alpha value is -2.38. The topological polar surface area (TPSA) is 83.8 Å². The third kappa shape index (κ3) is 3.82. The van der Waals surface area contributed by atoms with Crippen molar-refractivity contribution in [2.24, 2.45) is 0 Å². The molecular formula is C25H35N3O4. The molecule has 2 aliphatic rings. The molecule has 7 heteroatoms. The molecular weight excluding hydrogens is 406 g/mol. The van der Waals surface area contributed by atoms with Crippen molar-refractivity contribution in [1.82, 2.24) is 14.8 Å². The summed E-state index contributed by atoms with van der Waals surface area (Å²) in [5.74, 6) is -0.761. The zero-order valence-corrected chi connectivity index (χ0v) is 19.6. The van der Waals surface area contributed by atoms with Gasteiger partial charge in [-0.25, -0.2) is 0 Å². The van der Waals surface area contributed by atoms with E-state index >= 15 is 0 Å². The highest BCUT2D eigenvalue weighted by atomic mass is 16.5. The standard InChI is InChI=1S/C25H35N3O4/c1-5-20(27-14-13-25(32-4)12-8-9-17(27)15-25)26-23(30)21-22(29)18-10-6-7-11-19(18)28(16(2)3)24(21)31/h6-7,10-11,16-17,20,29H,5,8-9,12-15H2,1-4H3,(H,26,30). The van der Waals surface area contributed by atoms with Crippen molar-refractivity contribution in [3.8, 4) is 5.75 Å². The molecule has 2 N–H and O–H groups in total. The number of carbonyl (C=O) groups is 1. The number of carbonyl (C=O) groups excluding carboxylic acids is 1. The molecule has 1 saturated carbocycles. The molecule has 3 unspecified atom stereocenters. The number of pyridine rings is 1. The van der Waals surface area contributed by atoms with E-state index in [1.807, 2.05) is 26.8 Å². The van der Waals surface area contributed by atoms with Crippen molar-refractivity contribution < 1.29 is 14.6 Å². The van der Waals surface area contributed by atoms with E-state index in [0.29, 0.717) is 16.9 Å². The van der Waals surface area contributed by atoms with Crippen molar-refractivity contribution >= 4 is 16.8 Å². The average Bonchev–Trinajstić information content (AvgIpc) is 2.78. The Morgan fingerprint density at radius 2 is 2.06 bits per heavy atom. The van der Waals surface area contributed by atoms with Gasteiger partial charge < -0.3 is 19.7 Å². The monoisotopic (exact) mass is 441 g/mol. The molecule has 1 aromatic heterocycles. The molecule has 1 amide bonds. The summed E-state index contributed by atoms with van der Waals surface area (Å²) in [6, 6.07) is 7.37. The fraction of sp³-hybridized carbons (Fsp3) is 0.600. The lowest BCUT2D eigenvalue weighted by Crippen LogP contribution is -2.60. The zero-order valence-electron chi connectivity index (χ0n) is 19.6. The van der Waals surface area contributed by atoms with Crippen molar-refractivity contribution in [2.45, 2.75) is 83.1 Å². The molecule has 174 valence electrons. The van der Waals surface area contributed by atoms with Gasteiger partial charge in [-0.2, -0.15) is 0 Å². The van der Waals surface area contributed by atoms with Gasteiger partial charge in [0.15, 0.2) is 0 Å². The number of fused-ring (bicyclic) bond motifs is 3. The van der Waals surface area contributed by atoms with Gasteiger partial charge in [0.05, 0.1) is 17.3 Å². The third-order valence-corrected chi connectivity index (χ3v) is 7.42. The number of methoxy groups -OCH3 is 1. The summed E-state index contributed by atoms with van der Waals surface area (Å²) >= 11 is 0. The lowest BCUT2D eigenvalue weighted by Gasteiger charge is -2.51. The summed E-state index contributed by atoms with van der Waals surface area (Å²) in [6.45, 7) is 6.69. The van der Waals surface area contributed by atoms with Crippen LogP contribution >= 0.6 is 0 Å². The Balaban J connectivity index is 1.66. The van der Waals surface area contributed by atoms with Crippen LogP contribution < -0.4 is 10.9 Å². The van der Waals surface area contributed by atoms with E-state index in [2.05, 4.69) is 10.2 Å². The molecule has 2 aromatic rings. The molecule has 2 bridgehead atoms. The van der Waals surface area contributed by atoms with E-state index < -0.39 is 11.5 Å². The molecule has 1 saturated heterocycles. The maximum absolute atomic E-state index is 13.4. The first-order valence-electron chi connectivity index (χ1n) is 11.8. The van der Waals surface area contributed by atoms with Crippen LogP contribution in [0.15, 0.2) is 29.1 Å². The van der Waals surface area contributed by atoms with Crippen molar-refractivity contribution in [1.29, 1.82) is 0 Å². The number of piperidine rings is 1. The molecule has 7 nitrogen and oxygen atoms in total. The molecule has 1 aliphatic carbocycles. The van der Waals surface area contributed by atoms with Gasteiger partial charge in [-0.15, -0.1) is 0 Å². The van der Waals surface area contributed by atoms with Crippen LogP contribution in [-0.2, 0) is 4.74 Å². The van der Waals surface area contributed by atoms with Gasteiger partial charge >= 0.3 is 0 Å². The number of para-hydroxylation sites is 1. The molecule has 32 heavy (non-hydrogen) atoms. The van der Waals surface area contributed by atoms with Crippen LogP contribution in [0, 0.1) is 0 Å². The van der Waals surface area contributed by atoms with Crippen LogP contribution in [0.2, 0.25) is 0 Å². The van der Waals surface area contributed by atoms with Gasteiger partial charge in [0.25, 0.3) is 11.5 Å². The summed E-state index contributed by atoms with van der Waals surface area (Å²) in [6.07, 6.45) is 5.72. The molecule has 3 atom stereocenters. The number of rotatable bonds is 6. The number of ether oxygens (including phenoxy) is 1. The van der Waals surface area contributed by atoms with E-state index in [0.717, 1.165) is 45.1 Å². The van der Waals surface area contributed by atoms with Crippen molar-refractivity contribution in [3.05, 3.63) is 40.2 Å². The summed E-state index contributed by atoms with van der Waals surface area (Å²) < 4.78 is 7.46. The summed E-state index contributed by atoms with van der Waals surface area (Å²) in [4.78, 5) is 29.0. The van der Waals surface area contributed by atoms with Gasteiger partial charge in [0.2, 0.25) is 0 Å². The van der Waals surface area contributed by atoms with Gasteiger partial charge in [-0.3, -0.25) is 14.5 Å². The highest BCUT2D eigenvalue weighted by Crippen LogP contribution is 2.41. The van der Waals surface area contributed by atoms with Crippen molar-refractivity contribution in [2.75, 3.05) is 13.7 Å². The van der Waals surface area contributed by atoms with E-state index in [-0.39, 0.29) is 29.1 Å². The minimum absolute atomic E-state index is 0.0384. The maximum Gasteiger partial charge on any atom is 0.267 e. The minimum Gasteiger partial charge on any atom is -0.506 e. The Morgan fingerprint density at radius 1 is 1.31 bits per heavy atom. The molecule has 1 aliphatic heterocycles. The smallest absolute Gasteiger partial charge is 0.267 e. The minimum atomic E-state index is -0.515. The predicted octanol–water partition coefficient (Wildman–Crippen LogP) is 3.79. The first kappa shape index (κ1) is 22.8. The number of aromatic nitrogens is 1. The number of aromatic hydroxyl groups is 1. The van der Waals surface area contributed by atoms with E-state index in [1.54, 1.807) is 29.9 Å². The largest absolute Gasteiger partial charge is 0.506 e. The fourth-order valence-corrected chi connectivity index (χ4v) is 5.73. The van der Waals surface area contributed by atoms with E-state index in [1.165, 1.54) is 0 Å². The first-order chi connectivity index (χ1) is 15.3. The second kappa shape index (κ2) is 8.87. The summed E-state index contributed by atoms with van der Waals surface area (Å²) in [7, 11) is 1.80. The SMILES string of the molecule is CCC(NC(=O)c1c(O)c2ccccc2n(C(C)C)c1=O)N1CCC2(OC)CCCC1C2. The van der Waals surface area contributed by atoms with Gasteiger partial charge in [0, 0.05) is 31.1 Å². The van der Waals surface area contributed by atoms with Crippen LogP contribution in [-0.4, -0.2) is 51.9 Å². The number of hydrogen-bond acceptors (Lipinski definition) is 5. The van der Waals surface area contributed by atoms with E-state index in [9.17, 15) is 14.7 Å². The molecule has 4 rings (SSSR count). The normalized spacial score (nSPS) is 24.6. The molecule has 1 aromatic carbocycles. The van der Waals surface area contributed by atoms with Crippen LogP contribution in [0.4, 0.5) is 0 Å². The third-order valence-electron chi connectivity index (χ3n) is 7.42. The predicted molar refractivity (Wildman–Crippen MR) is 125 cm³/mol. The lowest BCUT2D eigenvalue weighted by molar-refractivity contribution is -0.113. The number of likely N-dealkylation sites (tertiary alicyclic amines) is 1. The van der Waals surface area contributed by atoms with Crippen LogP contribution in [0.1, 0.15) is 75.7 Å². The Labute approximate surface area is 189 Å². The van der Waals surface area contributed by atoms with Gasteiger partial charge in [0.1, 0.15) is 11.3 Å². The average molecular weight is 442 g/mol. The second-order valence-electron chi connectivity index (χ2n) is 9.53. The first-order valence-corrected chi connectivity index (χ1v) is 11.8. The van der Waals surface area contributed by atoms with Crippen molar-refractivity contribution in [3.63, 3.8) is 0 Å². The summed E-state index contributed by atoms with van der Waals surface area (Å²) in [5, 5.41) is 14.5.